The van der Waals surface area contributed by atoms with Gasteiger partial charge in [0.1, 0.15) is 0 Å². The fourth-order valence-electron chi connectivity index (χ4n) is 3.36. The number of hydrogen-bond donors (Lipinski definition) is 2. The molecule has 2 atom stereocenters. The summed E-state index contributed by atoms with van der Waals surface area (Å²) in [5, 5.41) is 3.12. The highest BCUT2D eigenvalue weighted by molar-refractivity contribution is 5.99. The fourth-order valence-corrected chi connectivity index (χ4v) is 3.36. The number of carbonyl (C=O) groups excluding carboxylic acids is 1. The lowest BCUT2D eigenvalue weighted by Gasteiger charge is -2.22. The average molecular weight is 323 g/mol. The Kier molecular flexibility index (Phi) is 5.16. The van der Waals surface area contributed by atoms with Crippen molar-refractivity contribution < 1.29 is 4.79 Å². The topological polar surface area (TPSA) is 58.4 Å². The maximum Gasteiger partial charge on any atom is 0.253 e. The van der Waals surface area contributed by atoms with E-state index in [1.165, 1.54) is 5.56 Å². The molecule has 1 heterocycles. The van der Waals surface area contributed by atoms with Crippen LogP contribution in [-0.4, -0.2) is 29.9 Å². The summed E-state index contributed by atoms with van der Waals surface area (Å²) in [5.74, 6) is 0.393. The first kappa shape index (κ1) is 16.5. The molecule has 2 aromatic rings. The van der Waals surface area contributed by atoms with Gasteiger partial charge >= 0.3 is 0 Å². The molecule has 0 bridgehead atoms. The van der Waals surface area contributed by atoms with Crippen LogP contribution in [0.2, 0.25) is 0 Å². The van der Waals surface area contributed by atoms with E-state index in [0.29, 0.717) is 17.2 Å². The second-order valence-corrected chi connectivity index (χ2v) is 6.62. The largest absolute Gasteiger partial charge is 0.398 e. The third kappa shape index (κ3) is 3.95. The van der Waals surface area contributed by atoms with Crippen molar-refractivity contribution in [2.24, 2.45) is 5.92 Å². The van der Waals surface area contributed by atoms with E-state index in [1.807, 2.05) is 18.2 Å². The lowest BCUT2D eigenvalue weighted by atomic mass is 10.00. The van der Waals surface area contributed by atoms with Gasteiger partial charge in [0.25, 0.3) is 5.91 Å². The van der Waals surface area contributed by atoms with Crippen molar-refractivity contribution in [3.8, 4) is 0 Å². The molecule has 1 aliphatic rings. The third-order valence-electron chi connectivity index (χ3n) is 4.83. The summed E-state index contributed by atoms with van der Waals surface area (Å²) >= 11 is 0. The number of anilines is 1. The quantitative estimate of drug-likeness (QED) is 0.832. The predicted molar refractivity (Wildman–Crippen MR) is 97.6 cm³/mol. The van der Waals surface area contributed by atoms with Gasteiger partial charge in [-0.2, -0.15) is 0 Å². The van der Waals surface area contributed by atoms with Gasteiger partial charge in [-0.1, -0.05) is 42.5 Å². The highest BCUT2D eigenvalue weighted by Gasteiger charge is 2.28. The zero-order valence-electron chi connectivity index (χ0n) is 14.1. The van der Waals surface area contributed by atoms with Crippen LogP contribution in [0.15, 0.2) is 54.6 Å². The van der Waals surface area contributed by atoms with Crippen molar-refractivity contribution in [2.75, 3.05) is 18.8 Å². The molecule has 0 spiro atoms. The van der Waals surface area contributed by atoms with E-state index in [2.05, 4.69) is 41.4 Å². The van der Waals surface area contributed by atoms with Gasteiger partial charge in [0, 0.05) is 24.8 Å². The Morgan fingerprint density at radius 1 is 1.21 bits per heavy atom. The number of nitrogens with zero attached hydrogens (tertiary/aromatic N) is 1. The fraction of sp³-hybridized carbons (Fsp3) is 0.350. The van der Waals surface area contributed by atoms with Gasteiger partial charge < -0.3 is 11.1 Å². The molecule has 3 N–H and O–H groups in total. The van der Waals surface area contributed by atoms with Crippen molar-refractivity contribution in [2.45, 2.75) is 25.9 Å². The minimum Gasteiger partial charge on any atom is -0.398 e. The number of likely N-dealkylation sites (tertiary alicyclic amines) is 1. The molecule has 1 amide bonds. The van der Waals surface area contributed by atoms with Gasteiger partial charge in [0.2, 0.25) is 0 Å². The maximum absolute atomic E-state index is 12.4. The zero-order valence-corrected chi connectivity index (χ0v) is 14.1. The van der Waals surface area contributed by atoms with Crippen molar-refractivity contribution in [3.05, 3.63) is 65.7 Å². The average Bonchev–Trinajstić information content (AvgIpc) is 3.04. The number of amides is 1. The summed E-state index contributed by atoms with van der Waals surface area (Å²) in [6, 6.07) is 17.9. The van der Waals surface area contributed by atoms with E-state index in [1.54, 1.807) is 12.1 Å². The first-order valence-electron chi connectivity index (χ1n) is 8.55. The Labute approximate surface area is 143 Å². The van der Waals surface area contributed by atoms with Crippen molar-refractivity contribution in [1.82, 2.24) is 10.2 Å². The molecule has 2 aromatic carbocycles. The van der Waals surface area contributed by atoms with Crippen LogP contribution >= 0.6 is 0 Å². The molecule has 1 saturated heterocycles. The van der Waals surface area contributed by atoms with Crippen molar-refractivity contribution in [1.29, 1.82) is 0 Å². The molecule has 4 heteroatoms. The minimum atomic E-state index is -0.0814. The normalized spacial score (nSPS) is 19.1. The highest BCUT2D eigenvalue weighted by atomic mass is 16.1. The molecular formula is C20H25N3O. The Bertz CT molecular complexity index is 686. The van der Waals surface area contributed by atoms with Gasteiger partial charge in [-0.25, -0.2) is 0 Å². The minimum absolute atomic E-state index is 0.0814. The van der Waals surface area contributed by atoms with Crippen molar-refractivity contribution >= 4 is 11.6 Å². The Morgan fingerprint density at radius 3 is 2.67 bits per heavy atom. The van der Waals surface area contributed by atoms with Gasteiger partial charge in [-0.15, -0.1) is 0 Å². The molecule has 0 saturated carbocycles. The second-order valence-electron chi connectivity index (χ2n) is 6.62. The standard InChI is InChI=1S/C20H25N3O/c1-15(22-20(24)18-9-5-6-10-19(18)21)17-11-12-23(14-17)13-16-7-3-2-4-8-16/h2-10,15,17H,11-14,21H2,1H3,(H,22,24). The molecule has 3 rings (SSSR count). The number of nitrogens with one attached hydrogen (secondary N) is 1. The predicted octanol–water partition coefficient (Wildman–Crippen LogP) is 2.91. The van der Waals surface area contributed by atoms with Crippen LogP contribution < -0.4 is 11.1 Å². The van der Waals surface area contributed by atoms with E-state index >= 15 is 0 Å². The maximum atomic E-state index is 12.4. The smallest absolute Gasteiger partial charge is 0.253 e. The lowest BCUT2D eigenvalue weighted by molar-refractivity contribution is 0.0928. The van der Waals surface area contributed by atoms with E-state index in [9.17, 15) is 4.79 Å². The van der Waals surface area contributed by atoms with Gasteiger partial charge in [0.15, 0.2) is 0 Å². The van der Waals surface area contributed by atoms with E-state index in [4.69, 9.17) is 5.73 Å². The van der Waals surface area contributed by atoms with E-state index in [-0.39, 0.29) is 11.9 Å². The summed E-state index contributed by atoms with van der Waals surface area (Å²) in [4.78, 5) is 14.9. The summed E-state index contributed by atoms with van der Waals surface area (Å²) < 4.78 is 0. The molecule has 4 nitrogen and oxygen atoms in total. The Balaban J connectivity index is 1.54. The molecule has 2 unspecified atom stereocenters. The summed E-state index contributed by atoms with van der Waals surface area (Å²) in [7, 11) is 0. The van der Waals surface area contributed by atoms with Crippen LogP contribution in [0.3, 0.4) is 0 Å². The van der Waals surface area contributed by atoms with E-state index in [0.717, 1.165) is 26.1 Å². The number of para-hydroxylation sites is 1. The number of nitrogens with two attached hydrogens (primary N) is 1. The molecule has 1 fully saturated rings. The number of hydrogen-bond acceptors (Lipinski definition) is 3. The first-order chi connectivity index (χ1) is 11.6. The van der Waals surface area contributed by atoms with Crippen molar-refractivity contribution in [3.63, 3.8) is 0 Å². The van der Waals surface area contributed by atoms with Gasteiger partial charge in [0.05, 0.1) is 5.56 Å². The summed E-state index contributed by atoms with van der Waals surface area (Å²) in [6.07, 6.45) is 1.11. The lowest BCUT2D eigenvalue weighted by Crippen LogP contribution is -2.39. The van der Waals surface area contributed by atoms with Crippen LogP contribution in [0, 0.1) is 5.92 Å². The van der Waals surface area contributed by atoms with Crippen LogP contribution in [0.1, 0.15) is 29.3 Å². The summed E-state index contributed by atoms with van der Waals surface area (Å²) in [5.41, 5.74) is 8.32. The molecule has 0 radical (unpaired) electrons. The second kappa shape index (κ2) is 7.49. The van der Waals surface area contributed by atoms with Crippen LogP contribution in [0.4, 0.5) is 5.69 Å². The molecule has 126 valence electrons. The third-order valence-corrected chi connectivity index (χ3v) is 4.83. The number of nitrogen functional groups attached to an aromatic ring is 1. The number of benzene rings is 2. The van der Waals surface area contributed by atoms with Crippen LogP contribution in [0.5, 0.6) is 0 Å². The molecule has 1 aliphatic heterocycles. The highest BCUT2D eigenvalue weighted by Crippen LogP contribution is 2.22. The van der Waals surface area contributed by atoms with Gasteiger partial charge in [-0.05, 0) is 43.5 Å². The molecule has 0 aliphatic carbocycles. The molecule has 24 heavy (non-hydrogen) atoms. The Hall–Kier alpha value is -2.33. The van der Waals surface area contributed by atoms with Gasteiger partial charge in [-0.3, -0.25) is 9.69 Å². The molecular weight excluding hydrogens is 298 g/mol. The zero-order chi connectivity index (χ0) is 16.9. The van der Waals surface area contributed by atoms with Crippen LogP contribution in [-0.2, 0) is 6.54 Å². The van der Waals surface area contributed by atoms with E-state index < -0.39 is 0 Å². The molecule has 0 aromatic heterocycles. The first-order valence-corrected chi connectivity index (χ1v) is 8.55. The Morgan fingerprint density at radius 2 is 1.92 bits per heavy atom. The summed E-state index contributed by atoms with van der Waals surface area (Å²) in [6.45, 7) is 5.16. The number of carbonyl (C=O) groups is 1. The SMILES string of the molecule is CC(NC(=O)c1ccccc1N)C1CCN(Cc2ccccc2)C1. The monoisotopic (exact) mass is 323 g/mol. The van der Waals surface area contributed by atoms with Crippen LogP contribution in [0.25, 0.3) is 0 Å². The number of rotatable bonds is 5.